The quantitative estimate of drug-likeness (QED) is 0.838. The van der Waals surface area contributed by atoms with Gasteiger partial charge in [-0.25, -0.2) is 0 Å². The van der Waals surface area contributed by atoms with Crippen molar-refractivity contribution in [1.82, 2.24) is 14.8 Å². The van der Waals surface area contributed by atoms with Gasteiger partial charge in [0.15, 0.2) is 0 Å². The molecule has 0 saturated carbocycles. The van der Waals surface area contributed by atoms with E-state index in [0.29, 0.717) is 13.2 Å². The van der Waals surface area contributed by atoms with Gasteiger partial charge in [0.25, 0.3) is 0 Å². The van der Waals surface area contributed by atoms with Crippen LogP contribution in [0.5, 0.6) is 5.75 Å². The summed E-state index contributed by atoms with van der Waals surface area (Å²) in [5, 5.41) is 0. The number of aromatic nitrogens is 1. The Morgan fingerprint density at radius 2 is 2.00 bits per heavy atom. The third-order valence-corrected chi connectivity index (χ3v) is 3.53. The second-order valence-electron chi connectivity index (χ2n) is 5.09. The van der Waals surface area contributed by atoms with Crippen LogP contribution in [-0.4, -0.2) is 61.2 Å². The normalized spacial score (nSPS) is 17.6. The lowest BCUT2D eigenvalue weighted by atomic mass is 10.3. The molecular formula is C14H24N4O. The molecule has 1 aliphatic rings. The van der Waals surface area contributed by atoms with E-state index < -0.39 is 0 Å². The van der Waals surface area contributed by atoms with Gasteiger partial charge in [0.2, 0.25) is 0 Å². The zero-order valence-electron chi connectivity index (χ0n) is 11.9. The van der Waals surface area contributed by atoms with E-state index in [1.165, 1.54) is 0 Å². The lowest BCUT2D eigenvalue weighted by molar-refractivity contribution is 0.133. The van der Waals surface area contributed by atoms with Crippen molar-refractivity contribution in [3.05, 3.63) is 23.5 Å². The van der Waals surface area contributed by atoms with Crippen molar-refractivity contribution in [3.63, 3.8) is 0 Å². The molecule has 0 amide bonds. The van der Waals surface area contributed by atoms with Crippen LogP contribution < -0.4 is 10.5 Å². The van der Waals surface area contributed by atoms with Crippen LogP contribution in [0.4, 0.5) is 0 Å². The first-order valence-corrected chi connectivity index (χ1v) is 6.89. The Balaban J connectivity index is 1.79. The number of hydrogen-bond donors (Lipinski definition) is 1. The van der Waals surface area contributed by atoms with Crippen LogP contribution in [-0.2, 0) is 6.54 Å². The van der Waals surface area contributed by atoms with Gasteiger partial charge in [-0.1, -0.05) is 0 Å². The van der Waals surface area contributed by atoms with Gasteiger partial charge in [0.05, 0.1) is 5.69 Å². The Morgan fingerprint density at radius 1 is 1.26 bits per heavy atom. The predicted octanol–water partition coefficient (Wildman–Crippen LogP) is 0.475. The standard InChI is InChI=1S/C14H24N4O/c1-12-3-4-14(13(11-15)16-12)19-10-9-18-7-5-17(2)6-8-18/h3-4H,5-11,15H2,1-2H3. The van der Waals surface area contributed by atoms with Crippen LogP contribution in [0, 0.1) is 6.92 Å². The van der Waals surface area contributed by atoms with Crippen molar-refractivity contribution in [2.45, 2.75) is 13.5 Å². The molecule has 106 valence electrons. The molecule has 1 fully saturated rings. The van der Waals surface area contributed by atoms with Crippen LogP contribution in [0.1, 0.15) is 11.4 Å². The fraction of sp³-hybridized carbons (Fsp3) is 0.643. The first-order valence-electron chi connectivity index (χ1n) is 6.89. The highest BCUT2D eigenvalue weighted by atomic mass is 16.5. The lowest BCUT2D eigenvalue weighted by Crippen LogP contribution is -2.45. The molecule has 0 radical (unpaired) electrons. The number of piperazine rings is 1. The largest absolute Gasteiger partial charge is 0.490 e. The second kappa shape index (κ2) is 6.84. The number of rotatable bonds is 5. The number of pyridine rings is 1. The van der Waals surface area contributed by atoms with E-state index in [0.717, 1.165) is 49.9 Å². The van der Waals surface area contributed by atoms with Gasteiger partial charge in [0, 0.05) is 45.0 Å². The van der Waals surface area contributed by atoms with E-state index in [9.17, 15) is 0 Å². The molecule has 1 aromatic heterocycles. The Kier molecular flexibility index (Phi) is 5.13. The van der Waals surface area contributed by atoms with E-state index in [1.54, 1.807) is 0 Å². The molecule has 0 spiro atoms. The number of nitrogens with two attached hydrogens (primary N) is 1. The van der Waals surface area contributed by atoms with Crippen LogP contribution in [0.25, 0.3) is 0 Å². The van der Waals surface area contributed by atoms with Gasteiger partial charge in [-0.3, -0.25) is 9.88 Å². The molecule has 2 rings (SSSR count). The first kappa shape index (κ1) is 14.2. The molecule has 1 saturated heterocycles. The van der Waals surface area contributed by atoms with E-state index in [1.807, 2.05) is 19.1 Å². The Morgan fingerprint density at radius 3 is 2.68 bits per heavy atom. The Labute approximate surface area is 115 Å². The summed E-state index contributed by atoms with van der Waals surface area (Å²) in [6.07, 6.45) is 0. The van der Waals surface area contributed by atoms with E-state index in [-0.39, 0.29) is 0 Å². The number of ether oxygens (including phenoxy) is 1. The molecule has 0 aliphatic carbocycles. The van der Waals surface area contributed by atoms with Crippen molar-refractivity contribution >= 4 is 0 Å². The van der Waals surface area contributed by atoms with Crippen LogP contribution in [0.15, 0.2) is 12.1 Å². The SMILES string of the molecule is Cc1ccc(OCCN2CCN(C)CC2)c(CN)n1. The molecule has 19 heavy (non-hydrogen) atoms. The third-order valence-electron chi connectivity index (χ3n) is 3.53. The summed E-state index contributed by atoms with van der Waals surface area (Å²) in [4.78, 5) is 9.19. The minimum absolute atomic E-state index is 0.422. The van der Waals surface area contributed by atoms with Gasteiger partial charge in [-0.15, -0.1) is 0 Å². The highest BCUT2D eigenvalue weighted by molar-refractivity contribution is 5.29. The van der Waals surface area contributed by atoms with Gasteiger partial charge in [-0.2, -0.15) is 0 Å². The summed E-state index contributed by atoms with van der Waals surface area (Å²) in [6, 6.07) is 3.93. The van der Waals surface area contributed by atoms with E-state index in [2.05, 4.69) is 21.8 Å². The van der Waals surface area contributed by atoms with Crippen molar-refractivity contribution in [1.29, 1.82) is 0 Å². The molecule has 1 aromatic rings. The van der Waals surface area contributed by atoms with Crippen LogP contribution in [0.3, 0.4) is 0 Å². The predicted molar refractivity (Wildman–Crippen MR) is 76.3 cm³/mol. The molecule has 0 atom stereocenters. The zero-order valence-corrected chi connectivity index (χ0v) is 11.9. The molecule has 5 nitrogen and oxygen atoms in total. The van der Waals surface area contributed by atoms with Gasteiger partial charge < -0.3 is 15.4 Å². The fourth-order valence-electron chi connectivity index (χ4n) is 2.23. The van der Waals surface area contributed by atoms with Gasteiger partial charge in [0.1, 0.15) is 12.4 Å². The average Bonchev–Trinajstić information content (AvgIpc) is 2.42. The number of aryl methyl sites for hydroxylation is 1. The van der Waals surface area contributed by atoms with Crippen LogP contribution >= 0.6 is 0 Å². The average molecular weight is 264 g/mol. The number of likely N-dealkylation sites (N-methyl/N-ethyl adjacent to an activating group) is 1. The van der Waals surface area contributed by atoms with Gasteiger partial charge >= 0.3 is 0 Å². The monoisotopic (exact) mass is 264 g/mol. The maximum atomic E-state index is 5.81. The van der Waals surface area contributed by atoms with Crippen molar-refractivity contribution in [3.8, 4) is 5.75 Å². The minimum atomic E-state index is 0.422. The third kappa shape index (κ3) is 4.16. The Bertz CT molecular complexity index is 402. The number of hydrogen-bond acceptors (Lipinski definition) is 5. The summed E-state index contributed by atoms with van der Waals surface area (Å²) in [5.74, 6) is 0.822. The number of nitrogens with zero attached hydrogens (tertiary/aromatic N) is 3. The maximum absolute atomic E-state index is 5.81. The zero-order chi connectivity index (χ0) is 13.7. The molecule has 1 aliphatic heterocycles. The summed E-state index contributed by atoms with van der Waals surface area (Å²) < 4.78 is 5.81. The van der Waals surface area contributed by atoms with Crippen molar-refractivity contribution in [2.24, 2.45) is 5.73 Å². The van der Waals surface area contributed by atoms with E-state index >= 15 is 0 Å². The summed E-state index contributed by atoms with van der Waals surface area (Å²) >= 11 is 0. The summed E-state index contributed by atoms with van der Waals surface area (Å²) in [5.41, 5.74) is 7.52. The van der Waals surface area contributed by atoms with Crippen LogP contribution in [0.2, 0.25) is 0 Å². The van der Waals surface area contributed by atoms with Gasteiger partial charge in [-0.05, 0) is 26.1 Å². The van der Waals surface area contributed by atoms with E-state index in [4.69, 9.17) is 10.5 Å². The minimum Gasteiger partial charge on any atom is -0.490 e. The smallest absolute Gasteiger partial charge is 0.142 e. The highest BCUT2D eigenvalue weighted by Gasteiger charge is 2.13. The van der Waals surface area contributed by atoms with Crippen molar-refractivity contribution in [2.75, 3.05) is 46.4 Å². The topological polar surface area (TPSA) is 54.6 Å². The van der Waals surface area contributed by atoms with Crippen molar-refractivity contribution < 1.29 is 4.74 Å². The fourth-order valence-corrected chi connectivity index (χ4v) is 2.23. The summed E-state index contributed by atoms with van der Waals surface area (Å²) in [7, 11) is 2.17. The molecule has 0 aromatic carbocycles. The molecule has 0 bridgehead atoms. The summed E-state index contributed by atoms with van der Waals surface area (Å²) in [6.45, 7) is 8.57. The molecule has 0 unspecified atom stereocenters. The lowest BCUT2D eigenvalue weighted by Gasteiger charge is -2.32. The highest BCUT2D eigenvalue weighted by Crippen LogP contribution is 2.16. The Hall–Kier alpha value is -1.17. The molecular weight excluding hydrogens is 240 g/mol. The first-order chi connectivity index (χ1) is 9.19. The molecule has 5 heteroatoms. The molecule has 2 heterocycles. The maximum Gasteiger partial charge on any atom is 0.142 e. The second-order valence-corrected chi connectivity index (χ2v) is 5.09. The molecule has 2 N–H and O–H groups in total.